The average molecular weight is 329 g/mol. The van der Waals surface area contributed by atoms with Crippen molar-refractivity contribution in [2.45, 2.75) is 13.1 Å². The molecule has 1 aromatic rings. The highest BCUT2D eigenvalue weighted by atomic mass is 28.4. The van der Waals surface area contributed by atoms with Crippen LogP contribution >= 0.6 is 0 Å². The molecule has 0 radical (unpaired) electrons. The number of hydrogen-bond donors (Lipinski definition) is 0. The fourth-order valence-corrected chi connectivity index (χ4v) is 3.72. The Labute approximate surface area is 127 Å². The van der Waals surface area contributed by atoms with Crippen LogP contribution in [0, 0.1) is 0 Å². The summed E-state index contributed by atoms with van der Waals surface area (Å²) < 4.78 is 17.9. The van der Waals surface area contributed by atoms with Gasteiger partial charge in [0.1, 0.15) is 0 Å². The Balaban J connectivity index is 3.97. The van der Waals surface area contributed by atoms with Gasteiger partial charge in [0.2, 0.25) is 0 Å². The Bertz CT molecular complexity index is 671. The summed E-state index contributed by atoms with van der Waals surface area (Å²) in [5.41, 5.74) is -2.53. The van der Waals surface area contributed by atoms with Gasteiger partial charge in [-0.2, -0.15) is 0 Å². The molecule has 0 unspecified atom stereocenters. The normalized spacial score (nSPS) is 11.4. The fraction of sp³-hybridized carbons (Fsp3) is 0.417. The molecule has 0 atom stereocenters. The molecule has 0 amide bonds. The standard InChI is InChI=1S/C12H19N3O6Si/c1-6-8-13-10(16)14(9-7-2)12(18)15(11(13)17)22(19-3,20-4)21-5/h6-7H,1-2,8-9H2,3-5H3. The highest BCUT2D eigenvalue weighted by Gasteiger charge is 2.47. The first kappa shape index (κ1) is 18.0. The zero-order valence-electron chi connectivity index (χ0n) is 12.8. The summed E-state index contributed by atoms with van der Waals surface area (Å²) >= 11 is 0. The van der Waals surface area contributed by atoms with E-state index in [1.165, 1.54) is 33.5 Å². The van der Waals surface area contributed by atoms with Crippen molar-refractivity contribution >= 4 is 8.97 Å². The number of allylic oxidation sites excluding steroid dienone is 2. The molecule has 9 nitrogen and oxygen atoms in total. The molecule has 122 valence electrons. The molecule has 0 aliphatic heterocycles. The second-order valence-corrected chi connectivity index (χ2v) is 6.84. The summed E-state index contributed by atoms with van der Waals surface area (Å²) in [6.07, 6.45) is 2.73. The first-order valence-electron chi connectivity index (χ1n) is 6.28. The Hall–Kier alpha value is -2.01. The van der Waals surface area contributed by atoms with Crippen LogP contribution in [0.25, 0.3) is 0 Å². The molecule has 0 fully saturated rings. The van der Waals surface area contributed by atoms with Gasteiger partial charge in [-0.3, -0.25) is 0 Å². The summed E-state index contributed by atoms with van der Waals surface area (Å²) in [5, 5.41) is 0. The number of rotatable bonds is 8. The fourth-order valence-electron chi connectivity index (χ4n) is 1.96. The van der Waals surface area contributed by atoms with Crippen LogP contribution in [0.3, 0.4) is 0 Å². The van der Waals surface area contributed by atoms with Gasteiger partial charge in [-0.05, 0) is 0 Å². The lowest BCUT2D eigenvalue weighted by atomic mass is 10.6. The van der Waals surface area contributed by atoms with E-state index in [9.17, 15) is 14.4 Å². The Morgan fingerprint density at radius 1 is 0.864 bits per heavy atom. The zero-order valence-corrected chi connectivity index (χ0v) is 13.8. The minimum atomic E-state index is -3.78. The van der Waals surface area contributed by atoms with Gasteiger partial charge in [-0.1, -0.05) is 12.2 Å². The van der Waals surface area contributed by atoms with E-state index in [1.54, 1.807) is 0 Å². The number of nitrogens with zero attached hydrogens (tertiary/aromatic N) is 3. The maximum Gasteiger partial charge on any atom is 0.645 e. The molecule has 22 heavy (non-hydrogen) atoms. The smallest absolute Gasteiger partial charge is 0.359 e. The maximum absolute atomic E-state index is 12.5. The molecule has 0 aliphatic carbocycles. The lowest BCUT2D eigenvalue weighted by Crippen LogP contribution is -2.66. The third-order valence-corrected chi connectivity index (χ3v) is 5.46. The predicted octanol–water partition coefficient (Wildman–Crippen LogP) is -1.23. The molecule has 1 heterocycles. The molecule has 0 aromatic carbocycles. The van der Waals surface area contributed by atoms with Crippen LogP contribution in [0.5, 0.6) is 0 Å². The Kier molecular flexibility index (Phi) is 5.99. The van der Waals surface area contributed by atoms with Crippen LogP contribution in [0.15, 0.2) is 39.7 Å². The van der Waals surface area contributed by atoms with Gasteiger partial charge in [0.25, 0.3) is 0 Å². The molecule has 0 spiro atoms. The molecule has 0 bridgehead atoms. The molecule has 0 aliphatic rings. The minimum Gasteiger partial charge on any atom is -0.359 e. The first-order chi connectivity index (χ1) is 10.4. The molecule has 10 heteroatoms. The van der Waals surface area contributed by atoms with Crippen molar-refractivity contribution in [3.05, 3.63) is 56.8 Å². The van der Waals surface area contributed by atoms with Crippen molar-refractivity contribution in [1.82, 2.24) is 13.4 Å². The van der Waals surface area contributed by atoms with E-state index < -0.39 is 26.0 Å². The Morgan fingerprint density at radius 3 is 1.50 bits per heavy atom. The summed E-state index contributed by atoms with van der Waals surface area (Å²) in [5.74, 6) is 0. The predicted molar refractivity (Wildman–Crippen MR) is 81.8 cm³/mol. The molecule has 1 rings (SSSR count). The van der Waals surface area contributed by atoms with Gasteiger partial charge in [0, 0.05) is 21.3 Å². The highest BCUT2D eigenvalue weighted by Crippen LogP contribution is 2.04. The van der Waals surface area contributed by atoms with E-state index in [-0.39, 0.29) is 13.1 Å². The lowest BCUT2D eigenvalue weighted by Gasteiger charge is -2.25. The second-order valence-electron chi connectivity index (χ2n) is 4.12. The van der Waals surface area contributed by atoms with Crippen molar-refractivity contribution in [2.75, 3.05) is 21.3 Å². The summed E-state index contributed by atoms with van der Waals surface area (Å²) in [6, 6.07) is 0. The van der Waals surface area contributed by atoms with Crippen LogP contribution in [-0.2, 0) is 26.4 Å². The van der Waals surface area contributed by atoms with Gasteiger partial charge >= 0.3 is 26.0 Å². The third kappa shape index (κ3) is 2.81. The lowest BCUT2D eigenvalue weighted by molar-refractivity contribution is 0.107. The molecular formula is C12H19N3O6Si. The molecule has 0 saturated heterocycles. The van der Waals surface area contributed by atoms with Gasteiger partial charge < -0.3 is 13.3 Å². The van der Waals surface area contributed by atoms with Gasteiger partial charge in [0.05, 0.1) is 13.1 Å². The SMILES string of the molecule is C=CCn1c(=O)n(CC=C)c(=O)n([Si](OC)(OC)OC)c1=O. The third-order valence-electron chi connectivity index (χ3n) is 2.98. The van der Waals surface area contributed by atoms with Crippen LogP contribution in [0.2, 0.25) is 0 Å². The molecular weight excluding hydrogens is 310 g/mol. The van der Waals surface area contributed by atoms with Crippen LogP contribution in [0.1, 0.15) is 0 Å². The number of hydrogen-bond acceptors (Lipinski definition) is 6. The van der Waals surface area contributed by atoms with E-state index >= 15 is 0 Å². The van der Waals surface area contributed by atoms with Crippen molar-refractivity contribution in [3.63, 3.8) is 0 Å². The van der Waals surface area contributed by atoms with Gasteiger partial charge in [-0.15, -0.1) is 13.2 Å². The summed E-state index contributed by atoms with van der Waals surface area (Å²) in [4.78, 5) is 37.3. The monoisotopic (exact) mass is 329 g/mol. The van der Waals surface area contributed by atoms with Gasteiger partial charge in [0.15, 0.2) is 0 Å². The van der Waals surface area contributed by atoms with E-state index in [0.717, 1.165) is 9.13 Å². The van der Waals surface area contributed by atoms with E-state index in [2.05, 4.69) is 13.2 Å². The molecule has 0 N–H and O–H groups in total. The summed E-state index contributed by atoms with van der Waals surface area (Å²) in [7, 11) is -0.0163. The quantitative estimate of drug-likeness (QED) is 0.438. The van der Waals surface area contributed by atoms with Crippen molar-refractivity contribution in [3.8, 4) is 0 Å². The average Bonchev–Trinajstić information content (AvgIpc) is 2.52. The topological polar surface area (TPSA) is 93.7 Å². The van der Waals surface area contributed by atoms with E-state index in [4.69, 9.17) is 13.3 Å². The largest absolute Gasteiger partial charge is 0.645 e. The highest BCUT2D eigenvalue weighted by molar-refractivity contribution is 6.58. The molecule has 1 aromatic heterocycles. The molecule has 0 saturated carbocycles. The van der Waals surface area contributed by atoms with Crippen molar-refractivity contribution < 1.29 is 13.3 Å². The maximum atomic E-state index is 12.5. The van der Waals surface area contributed by atoms with Crippen LogP contribution in [0.4, 0.5) is 0 Å². The summed E-state index contributed by atoms with van der Waals surface area (Å²) in [6.45, 7) is 6.84. The van der Waals surface area contributed by atoms with Crippen LogP contribution < -0.4 is 17.1 Å². The Morgan fingerprint density at radius 2 is 1.23 bits per heavy atom. The van der Waals surface area contributed by atoms with Crippen molar-refractivity contribution in [2.24, 2.45) is 0 Å². The zero-order chi connectivity index (χ0) is 16.9. The minimum absolute atomic E-state index is 0.0727. The second kappa shape index (κ2) is 7.31. The van der Waals surface area contributed by atoms with E-state index in [0.29, 0.717) is 4.23 Å². The number of aromatic nitrogens is 3. The van der Waals surface area contributed by atoms with E-state index in [1.807, 2.05) is 0 Å². The van der Waals surface area contributed by atoms with Crippen LogP contribution in [-0.4, -0.2) is 43.7 Å². The first-order valence-corrected chi connectivity index (χ1v) is 7.95. The van der Waals surface area contributed by atoms with Crippen molar-refractivity contribution in [1.29, 1.82) is 0 Å². The van der Waals surface area contributed by atoms with Gasteiger partial charge in [-0.25, -0.2) is 27.8 Å².